The van der Waals surface area contributed by atoms with Crippen molar-refractivity contribution in [3.8, 4) is 11.1 Å². The molecule has 0 fully saturated rings. The van der Waals surface area contributed by atoms with Crippen molar-refractivity contribution in [2.75, 3.05) is 6.54 Å². The van der Waals surface area contributed by atoms with E-state index in [0.29, 0.717) is 18.5 Å². The van der Waals surface area contributed by atoms with Crippen molar-refractivity contribution in [2.24, 2.45) is 7.05 Å². The van der Waals surface area contributed by atoms with Crippen LogP contribution < -0.4 is 5.32 Å². The van der Waals surface area contributed by atoms with E-state index in [0.717, 1.165) is 28.3 Å². The van der Waals surface area contributed by atoms with E-state index in [2.05, 4.69) is 20.4 Å². The zero-order valence-corrected chi connectivity index (χ0v) is 14.7. The molecule has 0 saturated heterocycles. The molecular weight excluding hydrogens is 314 g/mol. The second-order valence-electron chi connectivity index (χ2n) is 6.03. The molecule has 0 spiro atoms. The number of carbonyl (C=O) groups excluding carboxylic acids is 1. The second-order valence-corrected chi connectivity index (χ2v) is 6.03. The van der Waals surface area contributed by atoms with Gasteiger partial charge in [-0.15, -0.1) is 0 Å². The number of pyridine rings is 1. The lowest BCUT2D eigenvalue weighted by molar-refractivity contribution is 0.0954. The first-order chi connectivity index (χ1) is 12.0. The van der Waals surface area contributed by atoms with Crippen LogP contribution in [-0.2, 0) is 13.5 Å². The zero-order chi connectivity index (χ0) is 17.8. The van der Waals surface area contributed by atoms with E-state index in [4.69, 9.17) is 0 Å². The van der Waals surface area contributed by atoms with Gasteiger partial charge in [-0.05, 0) is 49.2 Å². The van der Waals surface area contributed by atoms with E-state index in [-0.39, 0.29) is 5.91 Å². The molecule has 0 unspecified atom stereocenters. The molecule has 6 heteroatoms. The highest BCUT2D eigenvalue weighted by atomic mass is 16.1. The van der Waals surface area contributed by atoms with E-state index in [9.17, 15) is 4.79 Å². The summed E-state index contributed by atoms with van der Waals surface area (Å²) >= 11 is 0. The maximum atomic E-state index is 12.4. The third kappa shape index (κ3) is 4.09. The molecule has 3 rings (SSSR count). The molecule has 0 saturated carbocycles. The first-order valence-electron chi connectivity index (χ1n) is 8.20. The molecule has 0 aliphatic rings. The molecule has 25 heavy (non-hydrogen) atoms. The van der Waals surface area contributed by atoms with Crippen LogP contribution in [0.3, 0.4) is 0 Å². The molecule has 2 heterocycles. The van der Waals surface area contributed by atoms with Gasteiger partial charge in [0.2, 0.25) is 0 Å². The number of benzene rings is 1. The van der Waals surface area contributed by atoms with Gasteiger partial charge in [0.1, 0.15) is 12.2 Å². The van der Waals surface area contributed by atoms with Gasteiger partial charge in [-0.2, -0.15) is 5.10 Å². The average molecular weight is 335 g/mol. The summed E-state index contributed by atoms with van der Waals surface area (Å²) in [6.45, 7) is 4.46. The Bertz CT molecular complexity index is 880. The van der Waals surface area contributed by atoms with Crippen molar-refractivity contribution in [3.63, 3.8) is 0 Å². The molecule has 0 radical (unpaired) electrons. The summed E-state index contributed by atoms with van der Waals surface area (Å²) in [4.78, 5) is 21.0. The quantitative estimate of drug-likeness (QED) is 0.777. The molecule has 0 aliphatic carbocycles. The Morgan fingerprint density at radius 2 is 1.88 bits per heavy atom. The lowest BCUT2D eigenvalue weighted by Crippen LogP contribution is -2.26. The lowest BCUT2D eigenvalue weighted by Gasteiger charge is -2.08. The predicted octanol–water partition coefficient (Wildman–Crippen LogP) is 2.47. The highest BCUT2D eigenvalue weighted by Crippen LogP contribution is 2.22. The number of aromatic nitrogens is 4. The Labute approximate surface area is 146 Å². The van der Waals surface area contributed by atoms with E-state index in [1.165, 1.54) is 6.33 Å². The smallest absolute Gasteiger partial charge is 0.251 e. The van der Waals surface area contributed by atoms with Crippen molar-refractivity contribution >= 4 is 5.91 Å². The van der Waals surface area contributed by atoms with Gasteiger partial charge in [-0.1, -0.05) is 12.1 Å². The Balaban J connectivity index is 1.70. The molecule has 1 amide bonds. The van der Waals surface area contributed by atoms with Crippen LogP contribution in [0.1, 0.15) is 27.6 Å². The molecule has 1 aromatic carbocycles. The van der Waals surface area contributed by atoms with Gasteiger partial charge < -0.3 is 5.32 Å². The van der Waals surface area contributed by atoms with Gasteiger partial charge in [-0.3, -0.25) is 14.5 Å². The normalized spacial score (nSPS) is 10.7. The minimum Gasteiger partial charge on any atom is -0.352 e. The Morgan fingerprint density at radius 3 is 2.56 bits per heavy atom. The van der Waals surface area contributed by atoms with Crippen molar-refractivity contribution in [2.45, 2.75) is 20.3 Å². The molecule has 0 aliphatic heterocycles. The summed E-state index contributed by atoms with van der Waals surface area (Å²) in [5.41, 5.74) is 4.65. The number of carbonyl (C=O) groups is 1. The Hall–Kier alpha value is -3.02. The van der Waals surface area contributed by atoms with Crippen LogP contribution in [0.25, 0.3) is 11.1 Å². The molecular formula is C19H21N5O. The summed E-state index contributed by atoms with van der Waals surface area (Å²) in [7, 11) is 1.84. The largest absolute Gasteiger partial charge is 0.352 e. The van der Waals surface area contributed by atoms with Crippen molar-refractivity contribution in [1.29, 1.82) is 0 Å². The highest BCUT2D eigenvalue weighted by molar-refractivity contribution is 5.95. The fourth-order valence-electron chi connectivity index (χ4n) is 2.78. The van der Waals surface area contributed by atoms with Crippen LogP contribution in [0.15, 0.2) is 42.7 Å². The number of rotatable bonds is 5. The Morgan fingerprint density at radius 1 is 1.12 bits per heavy atom. The second kappa shape index (κ2) is 7.25. The highest BCUT2D eigenvalue weighted by Gasteiger charge is 2.08. The summed E-state index contributed by atoms with van der Waals surface area (Å²) in [5, 5.41) is 6.95. The summed E-state index contributed by atoms with van der Waals surface area (Å²) in [6.07, 6.45) is 2.16. The minimum atomic E-state index is -0.0912. The van der Waals surface area contributed by atoms with Crippen LogP contribution in [0, 0.1) is 13.8 Å². The maximum Gasteiger partial charge on any atom is 0.251 e. The number of amides is 1. The third-order valence-electron chi connectivity index (χ3n) is 3.98. The fourth-order valence-corrected chi connectivity index (χ4v) is 2.78. The lowest BCUT2D eigenvalue weighted by atomic mass is 10.0. The van der Waals surface area contributed by atoms with Crippen LogP contribution in [0.5, 0.6) is 0 Å². The first-order valence-corrected chi connectivity index (χ1v) is 8.20. The number of hydrogen-bond donors (Lipinski definition) is 1. The molecule has 128 valence electrons. The number of aryl methyl sites for hydroxylation is 3. The fraction of sp³-hybridized carbons (Fsp3) is 0.263. The topological polar surface area (TPSA) is 72.7 Å². The van der Waals surface area contributed by atoms with Crippen LogP contribution >= 0.6 is 0 Å². The molecule has 2 aromatic heterocycles. The van der Waals surface area contributed by atoms with Gasteiger partial charge in [0.25, 0.3) is 5.91 Å². The zero-order valence-electron chi connectivity index (χ0n) is 14.7. The number of nitrogens with zero attached hydrogens (tertiary/aromatic N) is 4. The van der Waals surface area contributed by atoms with Crippen LogP contribution in [-0.4, -0.2) is 32.2 Å². The standard InChI is InChI=1S/C19H21N5O/c1-13-9-17(10-14(2)23-13)15-5-4-6-16(11-15)19(25)20-8-7-18-21-12-22-24(18)3/h4-6,9-12H,7-8H2,1-3H3,(H,20,25). The molecule has 0 bridgehead atoms. The molecule has 1 N–H and O–H groups in total. The average Bonchev–Trinajstić information content (AvgIpc) is 2.99. The summed E-state index contributed by atoms with van der Waals surface area (Å²) in [6, 6.07) is 11.7. The molecule has 0 atom stereocenters. The summed E-state index contributed by atoms with van der Waals surface area (Å²) in [5.74, 6) is 0.753. The summed E-state index contributed by atoms with van der Waals surface area (Å²) < 4.78 is 1.71. The van der Waals surface area contributed by atoms with Crippen molar-refractivity contribution in [3.05, 3.63) is 65.5 Å². The van der Waals surface area contributed by atoms with E-state index in [1.54, 1.807) is 4.68 Å². The third-order valence-corrected chi connectivity index (χ3v) is 3.98. The molecule has 6 nitrogen and oxygen atoms in total. The Kier molecular flexibility index (Phi) is 4.88. The SMILES string of the molecule is Cc1cc(-c2cccc(C(=O)NCCc3ncnn3C)c2)cc(C)n1. The van der Waals surface area contributed by atoms with Gasteiger partial charge in [-0.25, -0.2) is 4.98 Å². The van der Waals surface area contributed by atoms with Crippen LogP contribution in [0.2, 0.25) is 0 Å². The molecule has 3 aromatic rings. The van der Waals surface area contributed by atoms with Crippen molar-refractivity contribution < 1.29 is 4.79 Å². The van der Waals surface area contributed by atoms with Gasteiger partial charge in [0.05, 0.1) is 0 Å². The van der Waals surface area contributed by atoms with Gasteiger partial charge in [0.15, 0.2) is 0 Å². The monoisotopic (exact) mass is 335 g/mol. The van der Waals surface area contributed by atoms with Crippen LogP contribution in [0.4, 0.5) is 0 Å². The maximum absolute atomic E-state index is 12.4. The number of nitrogens with one attached hydrogen (secondary N) is 1. The van der Waals surface area contributed by atoms with Gasteiger partial charge >= 0.3 is 0 Å². The van der Waals surface area contributed by atoms with Crippen molar-refractivity contribution in [1.82, 2.24) is 25.1 Å². The predicted molar refractivity (Wildman–Crippen MR) is 96.2 cm³/mol. The van der Waals surface area contributed by atoms with E-state index >= 15 is 0 Å². The van der Waals surface area contributed by atoms with Gasteiger partial charge in [0, 0.05) is 37.0 Å². The first kappa shape index (κ1) is 16.8. The number of hydrogen-bond acceptors (Lipinski definition) is 4. The van der Waals surface area contributed by atoms with E-state index < -0.39 is 0 Å². The van der Waals surface area contributed by atoms with E-state index in [1.807, 2.05) is 57.3 Å². The minimum absolute atomic E-state index is 0.0912.